The molecule has 0 aromatic heterocycles. The largest absolute Gasteiger partial charge is 0.379 e. The highest BCUT2D eigenvalue weighted by Gasteiger charge is 2.12. The number of guanidine groups is 1. The first-order valence-electron chi connectivity index (χ1n) is 9.08. The number of nitrogens with zero attached hydrogens (tertiary/aromatic N) is 2. The molecular weight excluding hydrogens is 427 g/mol. The third-order valence-corrected chi connectivity index (χ3v) is 4.05. The Kier molecular flexibility index (Phi) is 11.1. The van der Waals surface area contributed by atoms with Gasteiger partial charge in [-0.25, -0.2) is 4.99 Å². The molecule has 1 aliphatic rings. The second-order valence-corrected chi connectivity index (χ2v) is 6.63. The van der Waals surface area contributed by atoms with Crippen LogP contribution in [0.15, 0.2) is 29.3 Å². The SMILES string of the molecule is CCNC(=NCc1ccccc1CN1CCOCC1)NCC(C)C.I. The summed E-state index contributed by atoms with van der Waals surface area (Å²) in [5, 5.41) is 6.72. The molecule has 0 aliphatic carbocycles. The van der Waals surface area contributed by atoms with E-state index >= 15 is 0 Å². The van der Waals surface area contributed by atoms with Gasteiger partial charge in [-0.3, -0.25) is 4.90 Å². The summed E-state index contributed by atoms with van der Waals surface area (Å²) in [6, 6.07) is 8.62. The number of nitrogens with one attached hydrogen (secondary N) is 2. The molecule has 0 atom stereocenters. The highest BCUT2D eigenvalue weighted by molar-refractivity contribution is 14.0. The maximum atomic E-state index is 5.44. The lowest BCUT2D eigenvalue weighted by Crippen LogP contribution is -2.39. The Morgan fingerprint density at radius 2 is 1.84 bits per heavy atom. The van der Waals surface area contributed by atoms with E-state index in [1.807, 2.05) is 0 Å². The van der Waals surface area contributed by atoms with Gasteiger partial charge in [0.25, 0.3) is 0 Å². The van der Waals surface area contributed by atoms with Gasteiger partial charge in [-0.15, -0.1) is 24.0 Å². The molecule has 1 aromatic carbocycles. The van der Waals surface area contributed by atoms with Crippen LogP contribution in [0.4, 0.5) is 0 Å². The number of hydrogen-bond acceptors (Lipinski definition) is 3. The molecule has 0 saturated carbocycles. The summed E-state index contributed by atoms with van der Waals surface area (Å²) >= 11 is 0. The highest BCUT2D eigenvalue weighted by atomic mass is 127. The fourth-order valence-corrected chi connectivity index (χ4v) is 2.67. The third-order valence-electron chi connectivity index (χ3n) is 4.05. The maximum Gasteiger partial charge on any atom is 0.191 e. The van der Waals surface area contributed by atoms with Crippen molar-refractivity contribution in [3.63, 3.8) is 0 Å². The van der Waals surface area contributed by atoms with Gasteiger partial charge in [0.1, 0.15) is 0 Å². The van der Waals surface area contributed by atoms with E-state index in [0.29, 0.717) is 12.5 Å². The van der Waals surface area contributed by atoms with Crippen LogP contribution in [0.3, 0.4) is 0 Å². The summed E-state index contributed by atoms with van der Waals surface area (Å²) in [5.41, 5.74) is 2.66. The van der Waals surface area contributed by atoms with Crippen LogP contribution < -0.4 is 10.6 Å². The fraction of sp³-hybridized carbons (Fsp3) is 0.632. The van der Waals surface area contributed by atoms with Gasteiger partial charge in [-0.05, 0) is 24.0 Å². The zero-order chi connectivity index (χ0) is 17.2. The average Bonchev–Trinajstić information content (AvgIpc) is 2.59. The van der Waals surface area contributed by atoms with Crippen molar-refractivity contribution in [2.45, 2.75) is 33.9 Å². The highest BCUT2D eigenvalue weighted by Crippen LogP contribution is 2.14. The van der Waals surface area contributed by atoms with E-state index < -0.39 is 0 Å². The minimum Gasteiger partial charge on any atom is -0.379 e. The van der Waals surface area contributed by atoms with Crippen molar-refractivity contribution in [2.24, 2.45) is 10.9 Å². The van der Waals surface area contributed by atoms with E-state index in [9.17, 15) is 0 Å². The Balaban J connectivity index is 0.00000312. The molecule has 0 amide bonds. The van der Waals surface area contributed by atoms with Gasteiger partial charge in [-0.1, -0.05) is 38.1 Å². The number of hydrogen-bond donors (Lipinski definition) is 2. The minimum atomic E-state index is 0. The van der Waals surface area contributed by atoms with E-state index in [0.717, 1.165) is 51.9 Å². The molecule has 0 radical (unpaired) electrons. The summed E-state index contributed by atoms with van der Waals surface area (Å²) in [6.45, 7) is 13.7. The summed E-state index contributed by atoms with van der Waals surface area (Å²) in [5.74, 6) is 1.50. The lowest BCUT2D eigenvalue weighted by molar-refractivity contribution is 0.0341. The Morgan fingerprint density at radius 3 is 2.48 bits per heavy atom. The van der Waals surface area contributed by atoms with Gasteiger partial charge in [0.05, 0.1) is 19.8 Å². The van der Waals surface area contributed by atoms with Crippen LogP contribution in [0.5, 0.6) is 0 Å². The predicted octanol–water partition coefficient (Wildman–Crippen LogP) is 2.85. The van der Waals surface area contributed by atoms with Crippen molar-refractivity contribution in [1.29, 1.82) is 0 Å². The zero-order valence-corrected chi connectivity index (χ0v) is 18.1. The second kappa shape index (κ2) is 12.5. The summed E-state index contributed by atoms with van der Waals surface area (Å²) < 4.78 is 5.44. The van der Waals surface area contributed by atoms with Gasteiger partial charge < -0.3 is 15.4 Å². The van der Waals surface area contributed by atoms with Crippen molar-refractivity contribution in [3.8, 4) is 0 Å². The number of aliphatic imine (C=N–C) groups is 1. The topological polar surface area (TPSA) is 48.9 Å². The molecule has 5 nitrogen and oxygen atoms in total. The monoisotopic (exact) mass is 460 g/mol. The lowest BCUT2D eigenvalue weighted by atomic mass is 10.1. The third kappa shape index (κ3) is 8.37. The van der Waals surface area contributed by atoms with E-state index in [1.165, 1.54) is 11.1 Å². The number of morpholine rings is 1. The Morgan fingerprint density at radius 1 is 1.16 bits per heavy atom. The first-order chi connectivity index (χ1) is 11.7. The average molecular weight is 460 g/mol. The van der Waals surface area contributed by atoms with Crippen LogP contribution in [0.2, 0.25) is 0 Å². The van der Waals surface area contributed by atoms with E-state index in [4.69, 9.17) is 9.73 Å². The van der Waals surface area contributed by atoms with E-state index in [2.05, 4.69) is 60.6 Å². The molecule has 0 unspecified atom stereocenters. The zero-order valence-electron chi connectivity index (χ0n) is 15.8. The fourth-order valence-electron chi connectivity index (χ4n) is 2.67. The summed E-state index contributed by atoms with van der Waals surface area (Å²) in [7, 11) is 0. The number of benzene rings is 1. The lowest BCUT2D eigenvalue weighted by Gasteiger charge is -2.27. The van der Waals surface area contributed by atoms with Crippen molar-refractivity contribution in [2.75, 3.05) is 39.4 Å². The van der Waals surface area contributed by atoms with Crippen LogP contribution in [0, 0.1) is 5.92 Å². The van der Waals surface area contributed by atoms with Crippen molar-refractivity contribution < 1.29 is 4.74 Å². The number of rotatable bonds is 7. The number of halogens is 1. The molecule has 1 fully saturated rings. The van der Waals surface area contributed by atoms with E-state index in [-0.39, 0.29) is 24.0 Å². The predicted molar refractivity (Wildman–Crippen MR) is 116 cm³/mol. The van der Waals surface area contributed by atoms with Gasteiger partial charge in [0.15, 0.2) is 5.96 Å². The normalized spacial score (nSPS) is 15.8. The van der Waals surface area contributed by atoms with Gasteiger partial charge in [0.2, 0.25) is 0 Å². The van der Waals surface area contributed by atoms with Crippen LogP contribution in [0.1, 0.15) is 31.9 Å². The van der Waals surface area contributed by atoms with Crippen LogP contribution in [-0.4, -0.2) is 50.3 Å². The molecule has 1 saturated heterocycles. The maximum absolute atomic E-state index is 5.44. The Hall–Kier alpha value is -0.860. The molecular formula is C19H33IN4O. The molecule has 25 heavy (non-hydrogen) atoms. The van der Waals surface area contributed by atoms with Crippen LogP contribution >= 0.6 is 24.0 Å². The molecule has 2 N–H and O–H groups in total. The molecule has 1 aliphatic heterocycles. The van der Waals surface area contributed by atoms with Crippen molar-refractivity contribution in [3.05, 3.63) is 35.4 Å². The quantitative estimate of drug-likeness (QED) is 0.373. The molecule has 1 aromatic rings. The van der Waals surface area contributed by atoms with Gasteiger partial charge in [0, 0.05) is 32.7 Å². The molecule has 142 valence electrons. The first kappa shape index (κ1) is 22.2. The first-order valence-corrected chi connectivity index (χ1v) is 9.08. The molecule has 0 bridgehead atoms. The molecule has 1 heterocycles. The van der Waals surface area contributed by atoms with Gasteiger partial charge >= 0.3 is 0 Å². The summed E-state index contributed by atoms with van der Waals surface area (Å²) in [6.07, 6.45) is 0. The summed E-state index contributed by atoms with van der Waals surface area (Å²) in [4.78, 5) is 7.21. The van der Waals surface area contributed by atoms with Crippen LogP contribution in [-0.2, 0) is 17.8 Å². The smallest absolute Gasteiger partial charge is 0.191 e. The van der Waals surface area contributed by atoms with E-state index in [1.54, 1.807) is 0 Å². The Labute approximate surface area is 169 Å². The number of ether oxygens (including phenoxy) is 1. The Bertz CT molecular complexity index is 516. The second-order valence-electron chi connectivity index (χ2n) is 6.63. The standard InChI is InChI=1S/C19H32N4O.HI/c1-4-20-19(21-13-16(2)3)22-14-17-7-5-6-8-18(17)15-23-9-11-24-12-10-23;/h5-8,16H,4,9-15H2,1-3H3,(H2,20,21,22);1H. The molecule has 2 rings (SSSR count). The minimum absolute atomic E-state index is 0. The molecule has 0 spiro atoms. The van der Waals surface area contributed by atoms with Crippen molar-refractivity contribution >= 4 is 29.9 Å². The van der Waals surface area contributed by atoms with Crippen molar-refractivity contribution in [1.82, 2.24) is 15.5 Å². The van der Waals surface area contributed by atoms with Crippen LogP contribution in [0.25, 0.3) is 0 Å². The van der Waals surface area contributed by atoms with Gasteiger partial charge in [-0.2, -0.15) is 0 Å². The molecule has 6 heteroatoms.